The van der Waals surface area contributed by atoms with Gasteiger partial charge in [0.05, 0.1) is 35.4 Å². The van der Waals surface area contributed by atoms with Gasteiger partial charge in [0, 0.05) is 17.9 Å². The summed E-state index contributed by atoms with van der Waals surface area (Å²) in [5.74, 6) is -3.86. The zero-order chi connectivity index (χ0) is 42.4. The van der Waals surface area contributed by atoms with Crippen molar-refractivity contribution in [2.45, 2.75) is 139 Å². The highest BCUT2D eigenvalue weighted by Crippen LogP contribution is 2.54. The number of ether oxygens (including phenoxy) is 3. The molecule has 2 bridgehead atoms. The second kappa shape index (κ2) is 14.7. The Morgan fingerprint density at radius 1 is 1.07 bits per heavy atom. The lowest BCUT2D eigenvalue weighted by Crippen LogP contribution is -2.61. The minimum atomic E-state index is -4.24. The van der Waals surface area contributed by atoms with E-state index in [-0.39, 0.29) is 36.8 Å². The second-order valence-corrected chi connectivity index (χ2v) is 21.0. The number of benzene rings is 1. The van der Waals surface area contributed by atoms with Crippen LogP contribution in [-0.4, -0.2) is 102 Å². The summed E-state index contributed by atoms with van der Waals surface area (Å²) in [7, 11) is -2.70. The molecule has 6 aliphatic rings. The maximum Gasteiger partial charge on any atom is 0.408 e. The van der Waals surface area contributed by atoms with Crippen LogP contribution in [0.5, 0.6) is 11.6 Å². The van der Waals surface area contributed by atoms with E-state index in [9.17, 15) is 36.4 Å². The molecule has 4 saturated carbocycles. The molecule has 1 unspecified atom stereocenters. The van der Waals surface area contributed by atoms with Crippen molar-refractivity contribution in [1.82, 2.24) is 30.2 Å². The van der Waals surface area contributed by atoms with Gasteiger partial charge in [0.1, 0.15) is 41.3 Å². The molecule has 0 radical (unpaired) electrons. The second-order valence-electron chi connectivity index (χ2n) is 18.8. The number of aromatic nitrogens is 2. The number of carbonyl (C=O) groups is 4. The zero-order valence-electron chi connectivity index (χ0n) is 34.3. The van der Waals surface area contributed by atoms with Gasteiger partial charge < -0.3 is 29.7 Å². The van der Waals surface area contributed by atoms with Crippen molar-refractivity contribution in [3.8, 4) is 11.6 Å². The number of hydrogen-bond acceptors (Lipinski definition) is 11. The standard InChI is InChI=1S/C41H54F2N6O9S/c1-7-23-29-19-49(31(23)34(50)47-41(18-25(41)33(42)43)37(52)48-59(54,55)40(5)13-14-40)36(51)32(39(2,3)4)46-38(53)58-28-16-21(28)10-8-9-20-15-24(20)30-35(57-29)45-27-17-22(56-6)11-12-26(27)44-30/h11-12,17,20-21,23-25,28-29,31-33H,7-10,13-16,18-19H2,1-6H3,(H,46,53)(H,47,50)(H,48,52)/t20-,21-,23-,24?,25+,28-,29+,31+,32-,41-/m1/s1. The van der Waals surface area contributed by atoms with Crippen LogP contribution in [0, 0.1) is 29.1 Å². The Labute approximate surface area is 342 Å². The molecule has 5 fully saturated rings. The van der Waals surface area contributed by atoms with E-state index in [1.54, 1.807) is 46.9 Å². The Morgan fingerprint density at radius 3 is 2.44 bits per heavy atom. The monoisotopic (exact) mass is 844 g/mol. The molecule has 15 nitrogen and oxygen atoms in total. The molecular weight excluding hydrogens is 791 g/mol. The van der Waals surface area contributed by atoms with E-state index in [0.29, 0.717) is 41.2 Å². The van der Waals surface area contributed by atoms with E-state index in [0.717, 1.165) is 32.1 Å². The number of carbonyl (C=O) groups excluding carboxylic acids is 4. The molecule has 59 heavy (non-hydrogen) atoms. The minimum absolute atomic E-state index is 0.0530. The van der Waals surface area contributed by atoms with Crippen LogP contribution < -0.4 is 24.8 Å². The molecule has 4 amide bonds. The van der Waals surface area contributed by atoms with Crippen LogP contribution >= 0.6 is 0 Å². The predicted octanol–water partition coefficient (Wildman–Crippen LogP) is 4.58. The Morgan fingerprint density at radius 2 is 1.80 bits per heavy atom. The summed E-state index contributed by atoms with van der Waals surface area (Å²) in [5, 5.41) is 5.29. The van der Waals surface area contributed by atoms with Crippen molar-refractivity contribution in [1.29, 1.82) is 0 Å². The van der Waals surface area contributed by atoms with Crippen LogP contribution in [0.4, 0.5) is 13.6 Å². The van der Waals surface area contributed by atoms with Crippen molar-refractivity contribution < 1.29 is 50.6 Å². The largest absolute Gasteiger partial charge is 0.497 e. The van der Waals surface area contributed by atoms with Gasteiger partial charge in [0.25, 0.3) is 5.91 Å². The van der Waals surface area contributed by atoms with E-state index in [4.69, 9.17) is 24.2 Å². The van der Waals surface area contributed by atoms with Crippen molar-refractivity contribution in [3.63, 3.8) is 0 Å². The highest BCUT2D eigenvalue weighted by Gasteiger charge is 2.68. The molecule has 2 aliphatic heterocycles. The third-order valence-electron chi connectivity index (χ3n) is 13.6. The number of halogens is 2. The number of rotatable bonds is 8. The van der Waals surface area contributed by atoms with Gasteiger partial charge in [-0.05, 0) is 87.7 Å². The van der Waals surface area contributed by atoms with Gasteiger partial charge in [-0.15, -0.1) is 0 Å². The van der Waals surface area contributed by atoms with Crippen LogP contribution in [0.3, 0.4) is 0 Å². The number of nitrogens with zero attached hydrogens (tertiary/aromatic N) is 3. The lowest BCUT2D eigenvalue weighted by Gasteiger charge is -2.36. The fraction of sp³-hybridized carbons (Fsp3) is 0.707. The van der Waals surface area contributed by atoms with E-state index in [2.05, 4.69) is 10.6 Å². The summed E-state index contributed by atoms with van der Waals surface area (Å²) < 4.78 is 73.8. The Kier molecular flexibility index (Phi) is 10.3. The number of amides is 4. The molecule has 4 aliphatic carbocycles. The third kappa shape index (κ3) is 7.78. The number of hydrogen-bond donors (Lipinski definition) is 3. The van der Waals surface area contributed by atoms with Gasteiger partial charge in [0.15, 0.2) is 0 Å². The quantitative estimate of drug-likeness (QED) is 0.337. The number of methoxy groups -OCH3 is 1. The van der Waals surface area contributed by atoms with Crippen LogP contribution in [0.2, 0.25) is 0 Å². The summed E-state index contributed by atoms with van der Waals surface area (Å²) >= 11 is 0. The average Bonchev–Trinajstić information content (AvgIpc) is 4.01. The predicted molar refractivity (Wildman–Crippen MR) is 209 cm³/mol. The maximum absolute atomic E-state index is 14.9. The fourth-order valence-corrected chi connectivity index (χ4v) is 10.4. The minimum Gasteiger partial charge on any atom is -0.497 e. The van der Waals surface area contributed by atoms with Gasteiger partial charge in [-0.2, -0.15) is 0 Å². The normalized spacial score (nSPS) is 33.8. The summed E-state index contributed by atoms with van der Waals surface area (Å²) in [6, 6.07) is 2.79. The number of alkyl halides is 2. The van der Waals surface area contributed by atoms with Crippen molar-refractivity contribution in [2.24, 2.45) is 29.1 Å². The summed E-state index contributed by atoms with van der Waals surface area (Å²) in [4.78, 5) is 68.0. The molecule has 0 spiro atoms. The SMILES string of the molecule is CC[C@@H]1[C@@H]2CN(C(=O)[C@H](C(C)(C)C)NC(=O)O[C@@H]3C[C@H]3CCC[C@@H]3CC3c3nc4ccc(OC)cc4nc3O2)[C@@H]1C(=O)N[C@]1(C(=O)NS(=O)(=O)C2(C)CC2)C[C@H]1C(F)F. The van der Waals surface area contributed by atoms with Gasteiger partial charge in [-0.1, -0.05) is 34.1 Å². The first-order valence-corrected chi connectivity index (χ1v) is 22.2. The van der Waals surface area contributed by atoms with Crippen LogP contribution in [-0.2, 0) is 29.1 Å². The van der Waals surface area contributed by atoms with Gasteiger partial charge >= 0.3 is 6.09 Å². The molecule has 1 aromatic heterocycles. The summed E-state index contributed by atoms with van der Waals surface area (Å²) in [5.41, 5.74) is -1.31. The molecule has 10 atom stereocenters. The highest BCUT2D eigenvalue weighted by molar-refractivity contribution is 7.91. The van der Waals surface area contributed by atoms with Crippen LogP contribution in [0.25, 0.3) is 11.0 Å². The maximum atomic E-state index is 14.9. The van der Waals surface area contributed by atoms with E-state index in [1.807, 2.05) is 10.8 Å². The first-order valence-electron chi connectivity index (χ1n) is 20.8. The first-order chi connectivity index (χ1) is 27.8. The molecule has 3 heterocycles. The van der Waals surface area contributed by atoms with E-state index < -0.39 is 92.4 Å². The topological polar surface area (TPSA) is 195 Å². The van der Waals surface area contributed by atoms with Gasteiger partial charge in [0.2, 0.25) is 34.1 Å². The smallest absolute Gasteiger partial charge is 0.408 e. The van der Waals surface area contributed by atoms with Crippen LogP contribution in [0.15, 0.2) is 18.2 Å². The van der Waals surface area contributed by atoms with Crippen molar-refractivity contribution >= 4 is 44.9 Å². The third-order valence-corrected chi connectivity index (χ3v) is 15.7. The average molecular weight is 845 g/mol. The summed E-state index contributed by atoms with van der Waals surface area (Å²) in [6.07, 6.45) is -0.290. The number of nitrogens with one attached hydrogen (secondary N) is 3. The Hall–Kier alpha value is -4.35. The van der Waals surface area contributed by atoms with Gasteiger partial charge in [-0.3, -0.25) is 19.1 Å². The van der Waals surface area contributed by atoms with Gasteiger partial charge in [-0.25, -0.2) is 32.0 Å². The number of fused-ring (bicyclic) bond motifs is 7. The molecular formula is C41H54F2N6O9S. The molecule has 3 N–H and O–H groups in total. The van der Waals surface area contributed by atoms with Crippen molar-refractivity contribution in [2.75, 3.05) is 13.7 Å². The first kappa shape index (κ1) is 41.4. The summed E-state index contributed by atoms with van der Waals surface area (Å²) in [6.45, 7) is 8.36. The molecule has 2 aromatic rings. The van der Waals surface area contributed by atoms with E-state index >= 15 is 0 Å². The molecule has 8 rings (SSSR count). The van der Waals surface area contributed by atoms with Crippen LogP contribution in [0.1, 0.15) is 104 Å². The van der Waals surface area contributed by atoms with Crippen molar-refractivity contribution in [3.05, 3.63) is 23.9 Å². The van der Waals surface area contributed by atoms with E-state index in [1.165, 1.54) is 11.8 Å². The molecule has 18 heteroatoms. The fourth-order valence-electron chi connectivity index (χ4n) is 9.13. The number of sulfonamides is 1. The highest BCUT2D eigenvalue weighted by atomic mass is 32.2. The Bertz CT molecular complexity index is 2170. The molecule has 1 saturated heterocycles. The Balaban J connectivity index is 1.18. The molecule has 1 aromatic carbocycles. The zero-order valence-corrected chi connectivity index (χ0v) is 35.1. The lowest BCUT2D eigenvalue weighted by molar-refractivity contribution is -0.144. The lowest BCUT2D eigenvalue weighted by atomic mass is 9.85. The number of alkyl carbamates (subject to hydrolysis) is 1. The molecule has 322 valence electrons.